The fraction of sp³-hybridized carbons (Fsp3) is 0.556. The van der Waals surface area contributed by atoms with E-state index in [4.69, 9.17) is 14.6 Å². The van der Waals surface area contributed by atoms with E-state index in [1.54, 1.807) is 26.4 Å². The Morgan fingerprint density at radius 1 is 1.31 bits per heavy atom. The van der Waals surface area contributed by atoms with E-state index in [-0.39, 0.29) is 18.4 Å². The van der Waals surface area contributed by atoms with E-state index in [0.717, 1.165) is 12.1 Å². The highest BCUT2D eigenvalue weighted by molar-refractivity contribution is 5.96. The minimum atomic E-state index is -0.979. The number of hydrogen-bond donors (Lipinski definition) is 3. The second kappa shape index (κ2) is 9.86. The molecule has 1 atom stereocenters. The number of nitrogens with one attached hydrogen (secondary N) is 2. The number of carbonyl (C=O) groups is 2. The van der Waals surface area contributed by atoms with Gasteiger partial charge in [0.15, 0.2) is 0 Å². The molecule has 0 saturated carbocycles. The number of likely N-dealkylation sites (tertiary alicyclic amines) is 1. The van der Waals surface area contributed by atoms with Crippen molar-refractivity contribution in [1.82, 2.24) is 4.90 Å². The number of carboxylic acid groups (broad SMARTS) is 1. The number of amides is 2. The first-order valence-corrected chi connectivity index (χ1v) is 8.74. The predicted molar refractivity (Wildman–Crippen MR) is 98.9 cm³/mol. The first-order valence-electron chi connectivity index (χ1n) is 8.74. The van der Waals surface area contributed by atoms with Gasteiger partial charge in [-0.1, -0.05) is 0 Å². The average Bonchev–Trinajstić information content (AvgIpc) is 2.66. The Morgan fingerprint density at radius 2 is 2.12 bits per heavy atom. The highest BCUT2D eigenvalue weighted by Crippen LogP contribution is 2.28. The van der Waals surface area contributed by atoms with E-state index >= 15 is 0 Å². The van der Waals surface area contributed by atoms with Gasteiger partial charge in [0.1, 0.15) is 5.75 Å². The molecular weight excluding hydrogens is 338 g/mol. The van der Waals surface area contributed by atoms with Gasteiger partial charge < -0.3 is 30.1 Å². The second-order valence-corrected chi connectivity index (χ2v) is 6.24. The van der Waals surface area contributed by atoms with Crippen LogP contribution in [0, 0.1) is 5.92 Å². The highest BCUT2D eigenvalue weighted by Gasteiger charge is 2.28. The Morgan fingerprint density at radius 3 is 2.81 bits per heavy atom. The maximum absolute atomic E-state index is 12.6. The van der Waals surface area contributed by atoms with Gasteiger partial charge in [-0.2, -0.15) is 0 Å². The van der Waals surface area contributed by atoms with Crippen molar-refractivity contribution < 1.29 is 24.2 Å². The summed E-state index contributed by atoms with van der Waals surface area (Å²) in [5.74, 6) is 0.177. The first-order chi connectivity index (χ1) is 12.5. The fourth-order valence-corrected chi connectivity index (χ4v) is 2.94. The van der Waals surface area contributed by atoms with Crippen molar-refractivity contribution in [3.05, 3.63) is 18.2 Å². The summed E-state index contributed by atoms with van der Waals surface area (Å²) in [6.07, 6.45) is 1.22. The normalized spacial score (nSPS) is 16.8. The molecule has 0 aromatic heterocycles. The van der Waals surface area contributed by atoms with Crippen LogP contribution in [0.25, 0.3) is 0 Å². The smallest absolute Gasteiger partial charge is 0.407 e. The number of nitrogens with zero attached hydrogens (tertiary/aromatic N) is 1. The van der Waals surface area contributed by atoms with Crippen LogP contribution in [0.2, 0.25) is 0 Å². The molecule has 2 amide bonds. The maximum Gasteiger partial charge on any atom is 0.407 e. The van der Waals surface area contributed by atoms with Crippen molar-refractivity contribution in [2.45, 2.75) is 19.3 Å². The summed E-state index contributed by atoms with van der Waals surface area (Å²) in [6, 6.07) is 5.39. The summed E-state index contributed by atoms with van der Waals surface area (Å²) in [6.45, 7) is 2.05. The van der Waals surface area contributed by atoms with Crippen molar-refractivity contribution in [3.8, 4) is 5.75 Å². The number of rotatable bonds is 8. The molecule has 1 unspecified atom stereocenters. The van der Waals surface area contributed by atoms with E-state index in [2.05, 4.69) is 10.6 Å². The lowest BCUT2D eigenvalue weighted by molar-refractivity contribution is -0.121. The summed E-state index contributed by atoms with van der Waals surface area (Å²) >= 11 is 0. The molecule has 0 spiro atoms. The molecule has 1 fully saturated rings. The number of anilines is 2. The Balaban J connectivity index is 2.04. The Hall–Kier alpha value is -2.48. The van der Waals surface area contributed by atoms with Crippen molar-refractivity contribution in [2.75, 3.05) is 51.1 Å². The van der Waals surface area contributed by atoms with Crippen LogP contribution < -0.4 is 15.4 Å². The lowest BCUT2D eigenvalue weighted by Gasteiger charge is -2.30. The van der Waals surface area contributed by atoms with Gasteiger partial charge in [-0.25, -0.2) is 4.79 Å². The van der Waals surface area contributed by atoms with Gasteiger partial charge in [0.2, 0.25) is 5.91 Å². The number of ether oxygens (including phenoxy) is 2. The molecule has 1 aliphatic rings. The van der Waals surface area contributed by atoms with Gasteiger partial charge in [0, 0.05) is 39.4 Å². The second-order valence-electron chi connectivity index (χ2n) is 6.24. The van der Waals surface area contributed by atoms with E-state index in [1.807, 2.05) is 6.07 Å². The fourth-order valence-electron chi connectivity index (χ4n) is 2.94. The van der Waals surface area contributed by atoms with Crippen molar-refractivity contribution >= 4 is 23.4 Å². The van der Waals surface area contributed by atoms with Crippen molar-refractivity contribution in [1.29, 1.82) is 0 Å². The molecule has 26 heavy (non-hydrogen) atoms. The molecule has 0 radical (unpaired) electrons. The van der Waals surface area contributed by atoms with Crippen LogP contribution in [-0.4, -0.2) is 62.5 Å². The van der Waals surface area contributed by atoms with Crippen LogP contribution in [0.4, 0.5) is 16.2 Å². The molecule has 1 aromatic rings. The summed E-state index contributed by atoms with van der Waals surface area (Å²) in [4.78, 5) is 25.0. The molecule has 1 aromatic carbocycles. The van der Waals surface area contributed by atoms with Gasteiger partial charge in [-0.3, -0.25) is 4.79 Å². The third kappa shape index (κ3) is 5.52. The molecule has 144 valence electrons. The zero-order valence-electron chi connectivity index (χ0n) is 15.3. The molecule has 1 aliphatic heterocycles. The molecule has 3 N–H and O–H groups in total. The Kier molecular flexibility index (Phi) is 7.53. The first kappa shape index (κ1) is 19.8. The summed E-state index contributed by atoms with van der Waals surface area (Å²) in [5, 5.41) is 15.3. The molecule has 0 bridgehead atoms. The van der Waals surface area contributed by atoms with Gasteiger partial charge in [-0.05, 0) is 31.4 Å². The van der Waals surface area contributed by atoms with Gasteiger partial charge in [-0.15, -0.1) is 0 Å². The van der Waals surface area contributed by atoms with Gasteiger partial charge >= 0.3 is 6.09 Å². The molecule has 1 heterocycles. The monoisotopic (exact) mass is 365 g/mol. The lowest BCUT2D eigenvalue weighted by atomic mass is 9.97. The maximum atomic E-state index is 12.6. The third-order valence-corrected chi connectivity index (χ3v) is 4.39. The summed E-state index contributed by atoms with van der Waals surface area (Å²) in [7, 11) is 3.24. The van der Waals surface area contributed by atoms with Crippen LogP contribution in [-0.2, 0) is 9.53 Å². The average molecular weight is 365 g/mol. The number of methoxy groups -OCH3 is 2. The molecule has 0 aliphatic carbocycles. The number of carbonyl (C=O) groups excluding carboxylic acids is 1. The van der Waals surface area contributed by atoms with Crippen molar-refractivity contribution in [2.24, 2.45) is 5.92 Å². The predicted octanol–water partition coefficient (Wildman–Crippen LogP) is 2.47. The van der Waals surface area contributed by atoms with Crippen LogP contribution in [0.15, 0.2) is 18.2 Å². The minimum Gasteiger partial charge on any atom is -0.497 e. The molecule has 2 rings (SSSR count). The van der Waals surface area contributed by atoms with Crippen molar-refractivity contribution in [3.63, 3.8) is 0 Å². The van der Waals surface area contributed by atoms with E-state index in [0.29, 0.717) is 44.0 Å². The molecule has 1 saturated heterocycles. The van der Waals surface area contributed by atoms with Gasteiger partial charge in [0.05, 0.1) is 24.4 Å². The highest BCUT2D eigenvalue weighted by atomic mass is 16.5. The molecule has 8 heteroatoms. The standard InChI is InChI=1S/C18H27N3O5/c1-25-10-4-8-19-16-11-14(26-2)6-7-15(16)20-17(22)13-5-3-9-21(12-13)18(23)24/h6-7,11,13,19H,3-5,8-10,12H2,1-2H3,(H,20,22)(H,23,24). The van der Waals surface area contributed by atoms with Gasteiger partial charge in [0.25, 0.3) is 0 Å². The number of piperidine rings is 1. The van der Waals surface area contributed by atoms with E-state index in [1.165, 1.54) is 4.90 Å². The number of benzene rings is 1. The largest absolute Gasteiger partial charge is 0.497 e. The van der Waals surface area contributed by atoms with Crippen LogP contribution >= 0.6 is 0 Å². The topological polar surface area (TPSA) is 100 Å². The van der Waals surface area contributed by atoms with Crippen LogP contribution in [0.3, 0.4) is 0 Å². The SMILES string of the molecule is COCCCNc1cc(OC)ccc1NC(=O)C1CCCN(C(=O)O)C1. The van der Waals surface area contributed by atoms with Crippen LogP contribution in [0.5, 0.6) is 5.75 Å². The Labute approximate surface area is 153 Å². The Bertz CT molecular complexity index is 623. The summed E-state index contributed by atoms with van der Waals surface area (Å²) < 4.78 is 10.3. The summed E-state index contributed by atoms with van der Waals surface area (Å²) in [5.41, 5.74) is 1.42. The molecular formula is C18H27N3O5. The van der Waals surface area contributed by atoms with Crippen LogP contribution in [0.1, 0.15) is 19.3 Å². The quantitative estimate of drug-likeness (QED) is 0.612. The minimum absolute atomic E-state index is 0.166. The third-order valence-electron chi connectivity index (χ3n) is 4.39. The zero-order valence-corrected chi connectivity index (χ0v) is 15.3. The zero-order chi connectivity index (χ0) is 18.9. The van der Waals surface area contributed by atoms with E-state index < -0.39 is 6.09 Å². The van der Waals surface area contributed by atoms with E-state index in [9.17, 15) is 9.59 Å². The number of hydrogen-bond acceptors (Lipinski definition) is 5. The lowest BCUT2D eigenvalue weighted by Crippen LogP contribution is -2.43. The molecule has 8 nitrogen and oxygen atoms in total.